The van der Waals surface area contributed by atoms with Crippen LogP contribution in [0.5, 0.6) is 0 Å². The van der Waals surface area contributed by atoms with Crippen LogP contribution in [0.4, 0.5) is 5.95 Å². The molecule has 4 rings (SSSR count). The van der Waals surface area contributed by atoms with E-state index in [-0.39, 0.29) is 33.6 Å². The van der Waals surface area contributed by atoms with Crippen LogP contribution in [0.25, 0.3) is 11.2 Å². The van der Waals surface area contributed by atoms with E-state index in [1.807, 2.05) is 27.1 Å². The molecule has 2 fully saturated rings. The zero-order valence-electron chi connectivity index (χ0n) is 16.1. The molecule has 27 heavy (non-hydrogen) atoms. The minimum absolute atomic E-state index is 0.00481. The van der Waals surface area contributed by atoms with Gasteiger partial charge in [-0.2, -0.15) is 10.5 Å². The summed E-state index contributed by atoms with van der Waals surface area (Å²) in [5.41, 5.74) is 2.04. The summed E-state index contributed by atoms with van der Waals surface area (Å²) in [5.74, 6) is 0.658. The average Bonchev–Trinajstić information content (AvgIpc) is 3.31. The molecule has 0 bridgehead atoms. The van der Waals surface area contributed by atoms with E-state index in [4.69, 9.17) is 9.47 Å². The first-order chi connectivity index (χ1) is 13.0. The molecule has 1 aliphatic carbocycles. The number of aromatic nitrogens is 4. The van der Waals surface area contributed by atoms with Crippen LogP contribution in [0.2, 0.25) is 5.54 Å². The maximum atomic E-state index is 10.0. The maximum absolute atomic E-state index is 10.0. The lowest BCUT2D eigenvalue weighted by Gasteiger charge is -2.37. The Labute approximate surface area is 161 Å². The van der Waals surface area contributed by atoms with Crippen molar-refractivity contribution in [3.8, 4) is 0 Å². The van der Waals surface area contributed by atoms with E-state index in [2.05, 4.69) is 31.4 Å². The van der Waals surface area contributed by atoms with Crippen LogP contribution in [0.15, 0.2) is 11.3 Å². The Balaban J connectivity index is 1.86. The highest BCUT2D eigenvalue weighted by atomic mass is 28.2. The SMILES string of the molecule is C/C=N/c1nc(C)c2ncn([C@H]3C[C@H]([Si-]O)[C@@H](CC)[C@@]34COC(C)O4)c2n1. The van der Waals surface area contributed by atoms with Crippen molar-refractivity contribution in [1.29, 1.82) is 0 Å². The van der Waals surface area contributed by atoms with Gasteiger partial charge < -0.3 is 18.8 Å². The van der Waals surface area contributed by atoms with Crippen molar-refractivity contribution in [2.45, 2.75) is 64.0 Å². The van der Waals surface area contributed by atoms with Crippen LogP contribution in [-0.4, -0.2) is 58.8 Å². The van der Waals surface area contributed by atoms with E-state index in [1.54, 1.807) is 6.21 Å². The lowest BCUT2D eigenvalue weighted by molar-refractivity contribution is -0.105. The molecule has 1 unspecified atom stereocenters. The molecule has 0 aromatic carbocycles. The van der Waals surface area contributed by atoms with Gasteiger partial charge in [0.25, 0.3) is 5.95 Å². The fourth-order valence-electron chi connectivity index (χ4n) is 4.75. The van der Waals surface area contributed by atoms with Gasteiger partial charge in [0.15, 0.2) is 11.9 Å². The zero-order chi connectivity index (χ0) is 19.2. The van der Waals surface area contributed by atoms with E-state index in [9.17, 15) is 4.80 Å². The summed E-state index contributed by atoms with van der Waals surface area (Å²) < 4.78 is 14.3. The number of aliphatic imine (C=N–C) groups is 1. The third-order valence-corrected chi connectivity index (χ3v) is 6.82. The molecule has 2 aliphatic rings. The summed E-state index contributed by atoms with van der Waals surface area (Å²) in [6, 6.07) is -0.00481. The molecule has 145 valence electrons. The fraction of sp³-hybridized carbons (Fsp3) is 0.667. The second-order valence-corrected chi connectivity index (χ2v) is 8.27. The minimum atomic E-state index is -0.477. The molecule has 1 N–H and O–H groups in total. The smallest absolute Gasteiger partial charge is 0.251 e. The molecule has 2 aromatic rings. The molecule has 1 saturated carbocycles. The Morgan fingerprint density at radius 1 is 1.48 bits per heavy atom. The van der Waals surface area contributed by atoms with Crippen LogP contribution < -0.4 is 0 Å². The standard InChI is InChI=1S/C18H25N5O3Si/c1-5-12-13(27-24)7-14(18(12)8-25-11(4)26-18)23-9-20-15-10(3)21-17(19-6-2)22-16(15)23/h6,9,11-14,24H,5,7-8H2,1-4H3/q-1/b19-6+/t11?,12-,13+,14+,18+/m1/s1. The van der Waals surface area contributed by atoms with Crippen molar-refractivity contribution >= 4 is 33.1 Å². The van der Waals surface area contributed by atoms with Crippen LogP contribution in [0.3, 0.4) is 0 Å². The number of hydrogen-bond donors (Lipinski definition) is 1. The van der Waals surface area contributed by atoms with Crippen molar-refractivity contribution in [1.82, 2.24) is 19.5 Å². The lowest BCUT2D eigenvalue weighted by Crippen LogP contribution is -2.44. The number of fused-ring (bicyclic) bond motifs is 1. The van der Waals surface area contributed by atoms with Crippen molar-refractivity contribution in [3.05, 3.63) is 12.0 Å². The Morgan fingerprint density at radius 2 is 2.30 bits per heavy atom. The van der Waals surface area contributed by atoms with Gasteiger partial charge in [-0.3, -0.25) is 9.76 Å². The number of imidazole rings is 1. The lowest BCUT2D eigenvalue weighted by atomic mass is 9.86. The largest absolute Gasteiger partial charge is 0.634 e. The second kappa shape index (κ2) is 7.05. The summed E-state index contributed by atoms with van der Waals surface area (Å²) in [6.45, 7) is 8.36. The van der Waals surface area contributed by atoms with Crippen molar-refractivity contribution < 1.29 is 14.3 Å². The molecular weight excluding hydrogens is 362 g/mol. The van der Waals surface area contributed by atoms with Crippen LogP contribution in [-0.2, 0) is 9.47 Å². The van der Waals surface area contributed by atoms with Gasteiger partial charge in [-0.1, -0.05) is 19.8 Å². The summed E-state index contributed by atoms with van der Waals surface area (Å²) in [5, 5.41) is 0. The molecular formula is C18H25N5O3Si-. The van der Waals surface area contributed by atoms with Crippen LogP contribution >= 0.6 is 0 Å². The van der Waals surface area contributed by atoms with E-state index < -0.39 is 5.60 Å². The number of nitrogens with zero attached hydrogens (tertiary/aromatic N) is 5. The number of aryl methyl sites for hydroxylation is 1. The molecule has 8 nitrogen and oxygen atoms in total. The molecule has 2 aromatic heterocycles. The maximum Gasteiger partial charge on any atom is 0.251 e. The van der Waals surface area contributed by atoms with Crippen LogP contribution in [0.1, 0.15) is 45.3 Å². The Bertz CT molecular complexity index is 872. The molecule has 3 heterocycles. The average molecular weight is 388 g/mol. The third-order valence-electron chi connectivity index (χ3n) is 5.85. The van der Waals surface area contributed by atoms with Gasteiger partial charge in [-0.05, 0) is 26.7 Å². The predicted octanol–water partition coefficient (Wildman–Crippen LogP) is 2.36. The van der Waals surface area contributed by atoms with E-state index >= 15 is 0 Å². The molecule has 1 spiro atoms. The van der Waals surface area contributed by atoms with Crippen molar-refractivity contribution in [2.75, 3.05) is 6.61 Å². The zero-order valence-corrected chi connectivity index (χ0v) is 17.1. The Morgan fingerprint density at radius 3 is 2.93 bits per heavy atom. The summed E-state index contributed by atoms with van der Waals surface area (Å²) in [7, 11) is -0.122. The first-order valence-corrected chi connectivity index (χ1v) is 10.4. The molecule has 5 atom stereocenters. The predicted molar refractivity (Wildman–Crippen MR) is 102 cm³/mol. The molecule has 1 aliphatic heterocycles. The fourth-order valence-corrected chi connectivity index (χ4v) is 5.78. The third kappa shape index (κ3) is 2.84. The number of ether oxygens (including phenoxy) is 2. The van der Waals surface area contributed by atoms with Gasteiger partial charge in [0.2, 0.25) is 0 Å². The monoisotopic (exact) mass is 387 g/mol. The van der Waals surface area contributed by atoms with Crippen molar-refractivity contribution in [2.24, 2.45) is 10.9 Å². The first kappa shape index (κ1) is 18.7. The minimum Gasteiger partial charge on any atom is -0.634 e. The Hall–Kier alpha value is -1.68. The first-order valence-electron chi connectivity index (χ1n) is 9.43. The Kier molecular flexibility index (Phi) is 4.87. The number of hydrogen-bond acceptors (Lipinski definition) is 7. The van der Waals surface area contributed by atoms with E-state index in [0.29, 0.717) is 12.6 Å². The van der Waals surface area contributed by atoms with Crippen LogP contribution in [0, 0.1) is 12.8 Å². The van der Waals surface area contributed by atoms with Gasteiger partial charge in [-0.15, -0.1) is 0 Å². The molecule has 9 heteroatoms. The van der Waals surface area contributed by atoms with Gasteiger partial charge in [0.1, 0.15) is 11.1 Å². The van der Waals surface area contributed by atoms with Gasteiger partial charge in [-0.25, -0.2) is 15.0 Å². The second-order valence-electron chi connectivity index (χ2n) is 7.27. The topological polar surface area (TPSA) is 94.7 Å². The summed E-state index contributed by atoms with van der Waals surface area (Å²) in [6.07, 6.45) is 4.99. The number of rotatable bonds is 4. The molecule has 1 radical (unpaired) electrons. The molecule has 1 saturated heterocycles. The quantitative estimate of drug-likeness (QED) is 0.639. The normalized spacial score (nSPS) is 33.8. The summed E-state index contributed by atoms with van der Waals surface area (Å²) in [4.78, 5) is 27.9. The van der Waals surface area contributed by atoms with Gasteiger partial charge >= 0.3 is 0 Å². The highest BCUT2D eigenvalue weighted by molar-refractivity contribution is 6.28. The van der Waals surface area contributed by atoms with E-state index in [0.717, 1.165) is 29.7 Å². The van der Waals surface area contributed by atoms with Gasteiger partial charge in [0.05, 0.1) is 24.7 Å². The summed E-state index contributed by atoms with van der Waals surface area (Å²) >= 11 is 0. The van der Waals surface area contributed by atoms with E-state index in [1.165, 1.54) is 0 Å². The van der Waals surface area contributed by atoms with Gasteiger partial charge in [0, 0.05) is 6.21 Å². The highest BCUT2D eigenvalue weighted by Crippen LogP contribution is 2.56. The molecule has 0 amide bonds. The van der Waals surface area contributed by atoms with Crippen molar-refractivity contribution in [3.63, 3.8) is 0 Å². The highest BCUT2D eigenvalue weighted by Gasteiger charge is 2.57.